The number of unbranched alkanes of at least 4 members (excludes halogenated alkanes) is 1. The number of hydrogen-bond donors (Lipinski definition) is 2. The molecule has 3 atom stereocenters. The van der Waals surface area contributed by atoms with Crippen molar-refractivity contribution >= 4 is 0 Å². The van der Waals surface area contributed by atoms with Crippen LogP contribution in [0.4, 0.5) is 0 Å². The molecule has 1 aromatic rings. The number of phenols is 2. The minimum Gasteiger partial charge on any atom is -0.504 e. The molecule has 26 heavy (non-hydrogen) atoms. The molecule has 2 heteroatoms. The van der Waals surface area contributed by atoms with Crippen molar-refractivity contribution in [3.8, 4) is 11.5 Å². The molecule has 148 valence electrons. The van der Waals surface area contributed by atoms with Crippen molar-refractivity contribution in [3.63, 3.8) is 0 Å². The van der Waals surface area contributed by atoms with Gasteiger partial charge in [-0.1, -0.05) is 66.0 Å². The van der Waals surface area contributed by atoms with E-state index in [1.807, 2.05) is 12.1 Å². The van der Waals surface area contributed by atoms with Crippen molar-refractivity contribution < 1.29 is 10.2 Å². The predicted octanol–water partition coefficient (Wildman–Crippen LogP) is 7.56. The van der Waals surface area contributed by atoms with E-state index in [4.69, 9.17) is 0 Å². The highest BCUT2D eigenvalue weighted by atomic mass is 16.3. The average molecular weight is 361 g/mol. The maximum absolute atomic E-state index is 10.0. The zero-order valence-corrected chi connectivity index (χ0v) is 17.6. The van der Waals surface area contributed by atoms with Crippen LogP contribution in [0.15, 0.2) is 30.9 Å². The molecule has 2 N–H and O–H groups in total. The van der Waals surface area contributed by atoms with E-state index in [-0.39, 0.29) is 22.3 Å². The van der Waals surface area contributed by atoms with Gasteiger partial charge in [-0.05, 0) is 66.5 Å². The number of allylic oxidation sites excluding steroid dienone is 1. The highest BCUT2D eigenvalue weighted by Gasteiger charge is 2.48. The highest BCUT2D eigenvalue weighted by molar-refractivity contribution is 5.42. The van der Waals surface area contributed by atoms with Gasteiger partial charge in [0, 0.05) is 0 Å². The Balaban J connectivity index is 3.45. The van der Waals surface area contributed by atoms with Crippen molar-refractivity contribution in [2.24, 2.45) is 10.8 Å². The van der Waals surface area contributed by atoms with Crippen molar-refractivity contribution in [1.82, 2.24) is 0 Å². The fourth-order valence-corrected chi connectivity index (χ4v) is 5.17. The molecule has 1 rings (SSSR count). The summed E-state index contributed by atoms with van der Waals surface area (Å²) in [6.07, 6.45) is 11.3. The molecule has 0 aliphatic carbocycles. The van der Waals surface area contributed by atoms with Crippen LogP contribution >= 0.6 is 0 Å². The molecular formula is C24H40O2. The Morgan fingerprint density at radius 1 is 1.04 bits per heavy atom. The number of benzene rings is 1. The van der Waals surface area contributed by atoms with E-state index >= 15 is 0 Å². The Morgan fingerprint density at radius 2 is 1.73 bits per heavy atom. The molecule has 0 radical (unpaired) electrons. The second-order valence-electron chi connectivity index (χ2n) is 8.22. The van der Waals surface area contributed by atoms with E-state index in [2.05, 4.69) is 41.2 Å². The van der Waals surface area contributed by atoms with E-state index in [9.17, 15) is 10.2 Å². The Morgan fingerprint density at radius 3 is 2.23 bits per heavy atom. The second kappa shape index (κ2) is 10.0. The fraction of sp³-hybridized carbons (Fsp3) is 0.667. The lowest BCUT2D eigenvalue weighted by Gasteiger charge is -2.53. The maximum atomic E-state index is 10.0. The maximum Gasteiger partial charge on any atom is 0.157 e. The molecule has 0 spiro atoms. The minimum atomic E-state index is -0.0421. The van der Waals surface area contributed by atoms with Crippen LogP contribution < -0.4 is 0 Å². The average Bonchev–Trinajstić information content (AvgIpc) is 2.63. The molecule has 1 aromatic carbocycles. The smallest absolute Gasteiger partial charge is 0.157 e. The molecule has 0 bridgehead atoms. The van der Waals surface area contributed by atoms with Gasteiger partial charge in [-0.3, -0.25) is 0 Å². The van der Waals surface area contributed by atoms with Crippen LogP contribution in [0, 0.1) is 10.8 Å². The van der Waals surface area contributed by atoms with Gasteiger partial charge in [0.15, 0.2) is 11.5 Å². The van der Waals surface area contributed by atoms with E-state index in [1.54, 1.807) is 12.1 Å². The summed E-state index contributed by atoms with van der Waals surface area (Å²) in [6, 6.07) is 5.37. The predicted molar refractivity (Wildman–Crippen MR) is 113 cm³/mol. The third-order valence-corrected chi connectivity index (χ3v) is 6.84. The standard InChI is InChI=1S/C24H40O2/c1-7-11-16-23(6,15-9-3)24(10-4,17-12-8-2)19(5)20-13-14-21(25)22(26)18-20/h7,13-14,18-19,25-26H,1,8-12,15-17H2,2-6H3. The molecule has 2 nitrogen and oxygen atoms in total. The second-order valence-corrected chi connectivity index (χ2v) is 8.22. The number of aromatic hydroxyl groups is 2. The fourth-order valence-electron chi connectivity index (χ4n) is 5.17. The van der Waals surface area contributed by atoms with Crippen LogP contribution in [0.25, 0.3) is 0 Å². The Hall–Kier alpha value is -1.44. The number of phenolic OH excluding ortho intramolecular Hbond substituents is 2. The molecular weight excluding hydrogens is 320 g/mol. The summed E-state index contributed by atoms with van der Waals surface area (Å²) in [5.74, 6) is 0.254. The van der Waals surface area contributed by atoms with E-state index < -0.39 is 0 Å². The summed E-state index contributed by atoms with van der Waals surface area (Å²) in [7, 11) is 0. The summed E-state index contributed by atoms with van der Waals surface area (Å²) in [5, 5.41) is 19.8. The van der Waals surface area contributed by atoms with Gasteiger partial charge in [-0.2, -0.15) is 0 Å². The largest absolute Gasteiger partial charge is 0.504 e. The van der Waals surface area contributed by atoms with Crippen LogP contribution in [-0.4, -0.2) is 10.2 Å². The van der Waals surface area contributed by atoms with Gasteiger partial charge in [0.05, 0.1) is 0 Å². The molecule has 0 saturated heterocycles. The third-order valence-electron chi connectivity index (χ3n) is 6.84. The van der Waals surface area contributed by atoms with Crippen LogP contribution in [0.5, 0.6) is 11.5 Å². The van der Waals surface area contributed by atoms with Gasteiger partial charge < -0.3 is 10.2 Å². The Kier molecular flexibility index (Phi) is 8.73. The first-order chi connectivity index (χ1) is 12.3. The summed E-state index contributed by atoms with van der Waals surface area (Å²) < 4.78 is 0. The monoisotopic (exact) mass is 360 g/mol. The summed E-state index contributed by atoms with van der Waals surface area (Å²) in [6.45, 7) is 15.6. The number of rotatable bonds is 12. The van der Waals surface area contributed by atoms with Crippen LogP contribution in [0.1, 0.15) is 97.5 Å². The number of hydrogen-bond acceptors (Lipinski definition) is 2. The molecule has 0 fully saturated rings. The van der Waals surface area contributed by atoms with Gasteiger partial charge in [0.1, 0.15) is 0 Å². The molecule has 0 aromatic heterocycles. The first-order valence-electron chi connectivity index (χ1n) is 10.4. The lowest BCUT2D eigenvalue weighted by molar-refractivity contribution is -0.00662. The van der Waals surface area contributed by atoms with Crippen LogP contribution in [0.2, 0.25) is 0 Å². The first-order valence-corrected chi connectivity index (χ1v) is 10.4. The van der Waals surface area contributed by atoms with Gasteiger partial charge in [0.25, 0.3) is 0 Å². The van der Waals surface area contributed by atoms with Crippen molar-refractivity contribution in [2.45, 2.75) is 91.9 Å². The Bertz CT molecular complexity index is 565. The first kappa shape index (κ1) is 22.6. The molecule has 0 amide bonds. The van der Waals surface area contributed by atoms with Crippen LogP contribution in [0.3, 0.4) is 0 Å². The van der Waals surface area contributed by atoms with Gasteiger partial charge >= 0.3 is 0 Å². The van der Waals surface area contributed by atoms with Gasteiger partial charge in [-0.25, -0.2) is 0 Å². The molecule has 0 aliphatic rings. The Labute approximate surface area is 161 Å². The quantitative estimate of drug-likeness (QED) is 0.298. The van der Waals surface area contributed by atoms with Crippen molar-refractivity contribution in [3.05, 3.63) is 36.4 Å². The van der Waals surface area contributed by atoms with E-state index in [0.717, 1.165) is 24.8 Å². The summed E-state index contributed by atoms with van der Waals surface area (Å²) >= 11 is 0. The summed E-state index contributed by atoms with van der Waals surface area (Å²) in [5.41, 5.74) is 1.50. The summed E-state index contributed by atoms with van der Waals surface area (Å²) in [4.78, 5) is 0. The SMILES string of the molecule is C=CCCC(C)(CCC)C(CC)(CCCC)C(C)c1ccc(O)c(O)c1. The van der Waals surface area contributed by atoms with Gasteiger partial charge in [0.2, 0.25) is 0 Å². The molecule has 0 aliphatic heterocycles. The van der Waals surface area contributed by atoms with E-state index in [1.165, 1.54) is 32.1 Å². The van der Waals surface area contributed by atoms with E-state index in [0.29, 0.717) is 5.92 Å². The normalized spacial score (nSPS) is 17.3. The van der Waals surface area contributed by atoms with Crippen molar-refractivity contribution in [1.29, 1.82) is 0 Å². The lowest BCUT2D eigenvalue weighted by Crippen LogP contribution is -2.43. The molecule has 0 saturated carbocycles. The topological polar surface area (TPSA) is 40.5 Å². The zero-order valence-electron chi connectivity index (χ0n) is 17.6. The highest BCUT2D eigenvalue weighted by Crippen LogP contribution is 2.59. The van der Waals surface area contributed by atoms with Gasteiger partial charge in [-0.15, -0.1) is 6.58 Å². The third kappa shape index (κ3) is 4.64. The van der Waals surface area contributed by atoms with Crippen LogP contribution in [-0.2, 0) is 0 Å². The van der Waals surface area contributed by atoms with Crippen molar-refractivity contribution in [2.75, 3.05) is 0 Å². The lowest BCUT2D eigenvalue weighted by atomic mass is 9.51. The minimum absolute atomic E-state index is 0.0156. The molecule has 3 unspecified atom stereocenters. The zero-order chi connectivity index (χ0) is 19.8. The molecule has 0 heterocycles.